The Morgan fingerprint density at radius 2 is 1.96 bits per heavy atom. The SMILES string of the molecule is CN1CCN(C(=O)C2CC(F)(F)CN2)Cc2ccccc21.Cl.Cl. The van der Waals surface area contributed by atoms with Gasteiger partial charge in [-0.2, -0.15) is 0 Å². The number of nitrogens with one attached hydrogen (secondary N) is 1. The summed E-state index contributed by atoms with van der Waals surface area (Å²) in [6.45, 7) is 1.32. The van der Waals surface area contributed by atoms with Crippen LogP contribution in [-0.2, 0) is 11.3 Å². The molecule has 3 rings (SSSR count). The maximum Gasteiger partial charge on any atom is 0.262 e. The predicted octanol–water partition coefficient (Wildman–Crippen LogP) is 2.31. The number of rotatable bonds is 1. The van der Waals surface area contributed by atoms with Crippen molar-refractivity contribution in [3.05, 3.63) is 29.8 Å². The second-order valence-electron chi connectivity index (χ2n) is 5.80. The minimum atomic E-state index is -2.78. The van der Waals surface area contributed by atoms with E-state index in [1.54, 1.807) is 4.90 Å². The Morgan fingerprint density at radius 1 is 1.26 bits per heavy atom. The molecule has 1 N–H and O–H groups in total. The number of fused-ring (bicyclic) bond motifs is 1. The standard InChI is InChI=1S/C15H19F2N3O.2ClH/c1-19-6-7-20(9-11-4-2-3-5-13(11)19)14(21)12-8-15(16,17)10-18-12;;/h2-5,12,18H,6-10H2,1H3;2*1H. The van der Waals surface area contributed by atoms with Crippen molar-refractivity contribution in [1.29, 1.82) is 0 Å². The highest BCUT2D eigenvalue weighted by Crippen LogP contribution is 2.28. The van der Waals surface area contributed by atoms with Gasteiger partial charge in [-0.15, -0.1) is 24.8 Å². The molecule has 23 heavy (non-hydrogen) atoms. The minimum Gasteiger partial charge on any atom is -0.373 e. The highest BCUT2D eigenvalue weighted by molar-refractivity contribution is 5.85. The lowest BCUT2D eigenvalue weighted by molar-refractivity contribution is -0.134. The molecule has 0 saturated carbocycles. The van der Waals surface area contributed by atoms with Gasteiger partial charge in [0.15, 0.2) is 0 Å². The Kier molecular flexibility index (Phi) is 6.62. The normalized spacial score (nSPS) is 22.5. The van der Waals surface area contributed by atoms with Gasteiger partial charge >= 0.3 is 0 Å². The third-order valence-electron chi connectivity index (χ3n) is 4.19. The fourth-order valence-corrected chi connectivity index (χ4v) is 2.99. The van der Waals surface area contributed by atoms with Crippen LogP contribution in [0.15, 0.2) is 24.3 Å². The molecule has 1 aromatic rings. The van der Waals surface area contributed by atoms with E-state index in [1.165, 1.54) is 0 Å². The second kappa shape index (κ2) is 7.64. The summed E-state index contributed by atoms with van der Waals surface area (Å²) < 4.78 is 26.5. The van der Waals surface area contributed by atoms with Crippen molar-refractivity contribution in [2.24, 2.45) is 0 Å². The zero-order chi connectivity index (χ0) is 15.0. The lowest BCUT2D eigenvalue weighted by Gasteiger charge is -2.24. The van der Waals surface area contributed by atoms with E-state index >= 15 is 0 Å². The summed E-state index contributed by atoms with van der Waals surface area (Å²) in [5, 5.41) is 2.64. The third kappa shape index (κ3) is 4.25. The van der Waals surface area contributed by atoms with Gasteiger partial charge in [-0.05, 0) is 11.6 Å². The zero-order valence-electron chi connectivity index (χ0n) is 12.8. The summed E-state index contributed by atoms with van der Waals surface area (Å²) in [4.78, 5) is 16.2. The summed E-state index contributed by atoms with van der Waals surface area (Å²) >= 11 is 0. The maximum absolute atomic E-state index is 13.3. The summed E-state index contributed by atoms with van der Waals surface area (Å²) in [5.74, 6) is -3.00. The van der Waals surface area contributed by atoms with Gasteiger partial charge in [0, 0.05) is 38.8 Å². The molecule has 2 aliphatic rings. The first-order valence-electron chi connectivity index (χ1n) is 7.15. The fourth-order valence-electron chi connectivity index (χ4n) is 2.99. The van der Waals surface area contributed by atoms with Crippen LogP contribution in [0.3, 0.4) is 0 Å². The summed E-state index contributed by atoms with van der Waals surface area (Å²) in [6.07, 6.45) is -0.403. The molecule has 0 spiro atoms. The molecule has 1 amide bonds. The van der Waals surface area contributed by atoms with Crippen LogP contribution in [-0.4, -0.2) is 49.5 Å². The van der Waals surface area contributed by atoms with Gasteiger partial charge in [0.25, 0.3) is 5.92 Å². The number of anilines is 1. The van der Waals surface area contributed by atoms with Crippen molar-refractivity contribution in [2.75, 3.05) is 31.6 Å². The summed E-state index contributed by atoms with van der Waals surface area (Å²) in [6, 6.07) is 7.13. The van der Waals surface area contributed by atoms with Crippen LogP contribution in [0.2, 0.25) is 0 Å². The quantitative estimate of drug-likeness (QED) is 0.827. The second-order valence-corrected chi connectivity index (χ2v) is 5.80. The van der Waals surface area contributed by atoms with Crippen LogP contribution in [0.4, 0.5) is 14.5 Å². The largest absolute Gasteiger partial charge is 0.373 e. The van der Waals surface area contributed by atoms with Crippen molar-refractivity contribution in [2.45, 2.75) is 24.9 Å². The first kappa shape index (κ1) is 19.9. The number of nitrogens with zero attached hydrogens (tertiary/aromatic N) is 2. The average molecular weight is 368 g/mol. The average Bonchev–Trinajstić information content (AvgIpc) is 2.73. The monoisotopic (exact) mass is 367 g/mol. The first-order chi connectivity index (χ1) is 9.96. The van der Waals surface area contributed by atoms with Crippen molar-refractivity contribution in [3.8, 4) is 0 Å². The number of carbonyl (C=O) groups is 1. The highest BCUT2D eigenvalue weighted by Gasteiger charge is 2.43. The van der Waals surface area contributed by atoms with Crippen LogP contribution in [0.5, 0.6) is 0 Å². The van der Waals surface area contributed by atoms with Gasteiger partial charge in [0.05, 0.1) is 12.6 Å². The molecule has 1 aromatic carbocycles. The molecule has 1 atom stereocenters. The lowest BCUT2D eigenvalue weighted by Crippen LogP contribution is -2.44. The van der Waals surface area contributed by atoms with Crippen LogP contribution in [0, 0.1) is 0 Å². The van der Waals surface area contributed by atoms with Gasteiger partial charge in [-0.1, -0.05) is 18.2 Å². The maximum atomic E-state index is 13.3. The van der Waals surface area contributed by atoms with E-state index < -0.39 is 24.9 Å². The van der Waals surface area contributed by atoms with E-state index in [9.17, 15) is 13.6 Å². The Balaban J connectivity index is 0.00000132. The molecule has 2 aliphatic heterocycles. The number of alkyl halides is 2. The smallest absolute Gasteiger partial charge is 0.262 e. The van der Waals surface area contributed by atoms with Crippen molar-refractivity contribution >= 4 is 36.4 Å². The van der Waals surface area contributed by atoms with Crippen molar-refractivity contribution < 1.29 is 13.6 Å². The predicted molar refractivity (Wildman–Crippen MR) is 91.0 cm³/mol. The number of para-hydroxylation sites is 1. The van der Waals surface area contributed by atoms with Crippen molar-refractivity contribution in [3.63, 3.8) is 0 Å². The van der Waals surface area contributed by atoms with E-state index in [-0.39, 0.29) is 30.7 Å². The zero-order valence-corrected chi connectivity index (χ0v) is 14.4. The van der Waals surface area contributed by atoms with E-state index in [2.05, 4.69) is 10.2 Å². The lowest BCUT2D eigenvalue weighted by atomic mass is 10.1. The van der Waals surface area contributed by atoms with Gasteiger partial charge in [0.1, 0.15) is 0 Å². The topological polar surface area (TPSA) is 35.6 Å². The fraction of sp³-hybridized carbons (Fsp3) is 0.533. The van der Waals surface area contributed by atoms with E-state index in [1.807, 2.05) is 31.3 Å². The molecule has 2 heterocycles. The van der Waals surface area contributed by atoms with E-state index in [0.29, 0.717) is 19.6 Å². The first-order valence-corrected chi connectivity index (χ1v) is 7.15. The Labute approximate surface area is 147 Å². The number of halogens is 4. The van der Waals surface area contributed by atoms with Gasteiger partial charge < -0.3 is 9.80 Å². The summed E-state index contributed by atoms with van der Waals surface area (Å²) in [5.41, 5.74) is 2.15. The molecule has 8 heteroatoms. The molecule has 130 valence electrons. The Hall–Kier alpha value is -1.11. The van der Waals surface area contributed by atoms with Crippen LogP contribution < -0.4 is 10.2 Å². The van der Waals surface area contributed by atoms with Crippen molar-refractivity contribution in [1.82, 2.24) is 10.2 Å². The number of hydrogen-bond acceptors (Lipinski definition) is 3. The number of benzene rings is 1. The van der Waals surface area contributed by atoms with Gasteiger partial charge in [-0.3, -0.25) is 10.1 Å². The molecular formula is C15H21Cl2F2N3O. The van der Waals surface area contributed by atoms with Crippen LogP contribution in [0.25, 0.3) is 0 Å². The molecule has 0 bridgehead atoms. The van der Waals surface area contributed by atoms with Crippen LogP contribution in [0.1, 0.15) is 12.0 Å². The summed E-state index contributed by atoms with van der Waals surface area (Å²) in [7, 11) is 1.98. The van der Waals surface area contributed by atoms with Gasteiger partial charge in [-0.25, -0.2) is 8.78 Å². The molecule has 1 unspecified atom stereocenters. The third-order valence-corrected chi connectivity index (χ3v) is 4.19. The number of carbonyl (C=O) groups excluding carboxylic acids is 1. The molecule has 0 aliphatic carbocycles. The number of likely N-dealkylation sites (N-methyl/N-ethyl adjacent to an activating group) is 1. The molecule has 0 aromatic heterocycles. The molecular weight excluding hydrogens is 347 g/mol. The number of hydrogen-bond donors (Lipinski definition) is 1. The number of amides is 1. The molecule has 0 radical (unpaired) electrons. The van der Waals surface area contributed by atoms with E-state index in [4.69, 9.17) is 0 Å². The Morgan fingerprint density at radius 3 is 2.61 bits per heavy atom. The molecule has 4 nitrogen and oxygen atoms in total. The highest BCUT2D eigenvalue weighted by atomic mass is 35.5. The van der Waals surface area contributed by atoms with E-state index in [0.717, 1.165) is 11.3 Å². The van der Waals surface area contributed by atoms with Crippen LogP contribution >= 0.6 is 24.8 Å². The van der Waals surface area contributed by atoms with Gasteiger partial charge in [0.2, 0.25) is 5.91 Å². The minimum absolute atomic E-state index is 0. The Bertz CT molecular complexity index is 559. The molecule has 1 saturated heterocycles. The molecule has 1 fully saturated rings.